The third kappa shape index (κ3) is 2.06. The van der Waals surface area contributed by atoms with Gasteiger partial charge in [-0.15, -0.1) is 0 Å². The number of rotatable bonds is 2. The molecule has 0 fully saturated rings. The summed E-state index contributed by atoms with van der Waals surface area (Å²) in [5, 5.41) is 1.43. The highest BCUT2D eigenvalue weighted by Crippen LogP contribution is 2.25. The Hall–Kier alpha value is -2.26. The minimum atomic E-state index is -0.0646. The van der Waals surface area contributed by atoms with Gasteiger partial charge < -0.3 is 10.7 Å². The number of hydrogen-bond donors (Lipinski definition) is 2. The van der Waals surface area contributed by atoms with Crippen molar-refractivity contribution in [2.75, 3.05) is 5.73 Å². The molecule has 0 atom stereocenters. The number of halogens is 1. The third-order valence-electron chi connectivity index (χ3n) is 3.43. The number of aromatic nitrogens is 1. The Bertz CT molecular complexity index is 820. The maximum atomic E-state index is 12.6. The fourth-order valence-corrected chi connectivity index (χ4v) is 2.39. The van der Waals surface area contributed by atoms with Gasteiger partial charge in [0, 0.05) is 38.9 Å². The van der Waals surface area contributed by atoms with E-state index in [4.69, 9.17) is 17.3 Å². The number of benzene rings is 2. The number of ketones is 1. The van der Waals surface area contributed by atoms with Crippen molar-refractivity contribution < 1.29 is 4.79 Å². The topological polar surface area (TPSA) is 58.9 Å². The molecule has 3 rings (SSSR count). The maximum absolute atomic E-state index is 12.6. The van der Waals surface area contributed by atoms with Crippen molar-refractivity contribution in [3.8, 4) is 0 Å². The summed E-state index contributed by atoms with van der Waals surface area (Å²) in [6.45, 7) is 1.91. The lowest BCUT2D eigenvalue weighted by Crippen LogP contribution is -2.02. The Kier molecular flexibility index (Phi) is 2.99. The van der Waals surface area contributed by atoms with Crippen LogP contribution in [0.1, 0.15) is 21.5 Å². The zero-order valence-corrected chi connectivity index (χ0v) is 11.7. The molecule has 3 N–H and O–H groups in total. The number of aromatic amines is 1. The molecule has 2 aromatic carbocycles. The number of anilines is 1. The largest absolute Gasteiger partial charge is 0.398 e. The Labute approximate surface area is 121 Å². The number of nitrogens with one attached hydrogen (secondary N) is 1. The van der Waals surface area contributed by atoms with E-state index in [0.29, 0.717) is 21.8 Å². The summed E-state index contributed by atoms with van der Waals surface area (Å²) < 4.78 is 0. The Morgan fingerprint density at radius 2 is 2.00 bits per heavy atom. The smallest absolute Gasteiger partial charge is 0.195 e. The molecule has 0 unspecified atom stereocenters. The van der Waals surface area contributed by atoms with Crippen LogP contribution in [0.3, 0.4) is 0 Å². The first-order valence-corrected chi connectivity index (χ1v) is 6.61. The molecule has 3 nitrogen and oxygen atoms in total. The van der Waals surface area contributed by atoms with E-state index in [1.165, 1.54) is 0 Å². The number of aryl methyl sites for hydroxylation is 1. The lowest BCUT2D eigenvalue weighted by Gasteiger charge is -2.04. The van der Waals surface area contributed by atoms with E-state index in [1.807, 2.05) is 19.1 Å². The molecule has 1 aromatic heterocycles. The Balaban J connectivity index is 2.12. The zero-order valence-electron chi connectivity index (χ0n) is 10.9. The van der Waals surface area contributed by atoms with Gasteiger partial charge in [0.15, 0.2) is 5.78 Å². The molecule has 4 heteroatoms. The molecule has 1 heterocycles. The molecule has 0 saturated heterocycles. The van der Waals surface area contributed by atoms with Crippen LogP contribution in [0.5, 0.6) is 0 Å². The van der Waals surface area contributed by atoms with Gasteiger partial charge in [-0.05, 0) is 36.8 Å². The summed E-state index contributed by atoms with van der Waals surface area (Å²) >= 11 is 6.00. The summed E-state index contributed by atoms with van der Waals surface area (Å²) in [4.78, 5) is 15.7. The minimum absolute atomic E-state index is 0.0646. The van der Waals surface area contributed by atoms with Crippen molar-refractivity contribution in [3.63, 3.8) is 0 Å². The Morgan fingerprint density at radius 3 is 2.75 bits per heavy atom. The second-order valence-corrected chi connectivity index (χ2v) is 5.23. The van der Waals surface area contributed by atoms with Crippen molar-refractivity contribution in [1.82, 2.24) is 4.98 Å². The van der Waals surface area contributed by atoms with Crippen molar-refractivity contribution >= 4 is 34.0 Å². The molecule has 0 amide bonds. The number of nitrogens with two attached hydrogens (primary N) is 1. The van der Waals surface area contributed by atoms with Crippen LogP contribution in [-0.4, -0.2) is 10.8 Å². The fourth-order valence-electron chi connectivity index (χ4n) is 2.22. The van der Waals surface area contributed by atoms with E-state index in [-0.39, 0.29) is 5.78 Å². The summed E-state index contributed by atoms with van der Waals surface area (Å²) in [5.41, 5.74) is 9.52. The van der Waals surface area contributed by atoms with Gasteiger partial charge in [-0.25, -0.2) is 0 Å². The number of H-pyrrole nitrogens is 1. The zero-order chi connectivity index (χ0) is 14.3. The van der Waals surface area contributed by atoms with E-state index < -0.39 is 0 Å². The molecule has 0 aliphatic rings. The molecule has 0 spiro atoms. The van der Waals surface area contributed by atoms with Gasteiger partial charge in [-0.3, -0.25) is 4.79 Å². The molecule has 0 saturated carbocycles. The molecule has 100 valence electrons. The van der Waals surface area contributed by atoms with Crippen LogP contribution in [0.4, 0.5) is 5.69 Å². The molecule has 0 aliphatic carbocycles. The van der Waals surface area contributed by atoms with E-state index in [2.05, 4.69) is 4.98 Å². The molecule has 20 heavy (non-hydrogen) atoms. The maximum Gasteiger partial charge on any atom is 0.195 e. The molecule has 0 aliphatic heterocycles. The van der Waals surface area contributed by atoms with Crippen molar-refractivity contribution in [2.24, 2.45) is 0 Å². The molecule has 0 bridgehead atoms. The average Bonchev–Trinajstić information content (AvgIpc) is 2.84. The van der Waals surface area contributed by atoms with Crippen LogP contribution < -0.4 is 5.73 Å². The van der Waals surface area contributed by atoms with Gasteiger partial charge in [-0.1, -0.05) is 23.7 Å². The molecule has 3 aromatic rings. The molecular formula is C16H13ClN2O. The van der Waals surface area contributed by atoms with E-state index >= 15 is 0 Å². The third-order valence-corrected chi connectivity index (χ3v) is 3.66. The molecular weight excluding hydrogens is 272 g/mol. The fraction of sp³-hybridized carbons (Fsp3) is 0.0625. The van der Waals surface area contributed by atoms with Crippen molar-refractivity contribution in [2.45, 2.75) is 6.92 Å². The lowest BCUT2D eigenvalue weighted by atomic mass is 10.0. The van der Waals surface area contributed by atoms with Crippen LogP contribution in [-0.2, 0) is 0 Å². The van der Waals surface area contributed by atoms with Gasteiger partial charge in [0.05, 0.1) is 0 Å². The van der Waals surface area contributed by atoms with Crippen LogP contribution in [0.25, 0.3) is 10.9 Å². The van der Waals surface area contributed by atoms with Gasteiger partial charge in [-0.2, -0.15) is 0 Å². The number of carbonyl (C=O) groups is 1. The highest BCUT2D eigenvalue weighted by Gasteiger charge is 2.15. The summed E-state index contributed by atoms with van der Waals surface area (Å²) in [6, 6.07) is 10.8. The Morgan fingerprint density at radius 1 is 1.20 bits per heavy atom. The van der Waals surface area contributed by atoms with E-state index in [9.17, 15) is 4.79 Å². The van der Waals surface area contributed by atoms with E-state index in [1.54, 1.807) is 30.5 Å². The van der Waals surface area contributed by atoms with Gasteiger partial charge in [0.2, 0.25) is 0 Å². The lowest BCUT2D eigenvalue weighted by molar-refractivity contribution is 0.104. The average molecular weight is 285 g/mol. The summed E-state index contributed by atoms with van der Waals surface area (Å²) in [7, 11) is 0. The summed E-state index contributed by atoms with van der Waals surface area (Å²) in [6.07, 6.45) is 1.71. The first kappa shape index (κ1) is 12.8. The molecule has 0 radical (unpaired) electrons. The van der Waals surface area contributed by atoms with Crippen LogP contribution in [0, 0.1) is 6.92 Å². The quantitative estimate of drug-likeness (QED) is 0.553. The monoisotopic (exact) mass is 284 g/mol. The number of carbonyl (C=O) groups excluding carboxylic acids is 1. The standard InChI is InChI=1S/C16H13ClN2O/c1-9-2-3-10(6-14(9)18)16(20)13-8-19-15-5-4-11(17)7-12(13)15/h2-8,19H,18H2,1H3. The number of fused-ring (bicyclic) bond motifs is 1. The second kappa shape index (κ2) is 4.69. The number of hydrogen-bond acceptors (Lipinski definition) is 2. The predicted molar refractivity (Wildman–Crippen MR) is 82.3 cm³/mol. The predicted octanol–water partition coefficient (Wildman–Crippen LogP) is 3.94. The minimum Gasteiger partial charge on any atom is -0.398 e. The van der Waals surface area contributed by atoms with Crippen molar-refractivity contribution in [1.29, 1.82) is 0 Å². The SMILES string of the molecule is Cc1ccc(C(=O)c2c[nH]c3ccc(Cl)cc23)cc1N. The second-order valence-electron chi connectivity index (χ2n) is 4.79. The normalized spacial score (nSPS) is 10.9. The van der Waals surface area contributed by atoms with Crippen LogP contribution in [0.2, 0.25) is 5.02 Å². The summed E-state index contributed by atoms with van der Waals surface area (Å²) in [5.74, 6) is -0.0646. The van der Waals surface area contributed by atoms with Crippen LogP contribution >= 0.6 is 11.6 Å². The highest BCUT2D eigenvalue weighted by molar-refractivity contribution is 6.31. The van der Waals surface area contributed by atoms with Crippen LogP contribution in [0.15, 0.2) is 42.6 Å². The number of nitrogen functional groups attached to an aromatic ring is 1. The van der Waals surface area contributed by atoms with E-state index in [0.717, 1.165) is 16.5 Å². The van der Waals surface area contributed by atoms with Gasteiger partial charge in [0.25, 0.3) is 0 Å². The first-order valence-electron chi connectivity index (χ1n) is 6.24. The highest BCUT2D eigenvalue weighted by atomic mass is 35.5. The first-order chi connectivity index (χ1) is 9.56. The van der Waals surface area contributed by atoms with Crippen molar-refractivity contribution in [3.05, 3.63) is 64.3 Å². The van der Waals surface area contributed by atoms with Gasteiger partial charge >= 0.3 is 0 Å². The van der Waals surface area contributed by atoms with Gasteiger partial charge in [0.1, 0.15) is 0 Å².